The van der Waals surface area contributed by atoms with E-state index in [4.69, 9.17) is 11.6 Å². The maximum absolute atomic E-state index is 12.3. The molecule has 0 saturated carbocycles. The average molecular weight is 210 g/mol. The first-order valence-corrected chi connectivity index (χ1v) is 4.04. The van der Waals surface area contributed by atoms with Gasteiger partial charge in [0.1, 0.15) is 0 Å². The first-order chi connectivity index (χ1) is 5.96. The predicted molar refractivity (Wildman–Crippen MR) is 43.6 cm³/mol. The lowest BCUT2D eigenvalue weighted by molar-refractivity contribution is -0.138. The van der Waals surface area contributed by atoms with Gasteiger partial charge in [0.15, 0.2) is 0 Å². The molecule has 0 atom stereocenters. The lowest BCUT2D eigenvalue weighted by Gasteiger charge is -2.11. The monoisotopic (exact) mass is 209 g/mol. The SMILES string of the molecule is CCc1c(Cl)cncc1C(F)(F)F. The van der Waals surface area contributed by atoms with E-state index in [0.29, 0.717) is 0 Å². The Morgan fingerprint density at radius 1 is 1.38 bits per heavy atom. The van der Waals surface area contributed by atoms with Crippen LogP contribution in [-0.4, -0.2) is 4.98 Å². The number of aromatic nitrogens is 1. The highest BCUT2D eigenvalue weighted by molar-refractivity contribution is 6.31. The zero-order valence-electron chi connectivity index (χ0n) is 6.82. The fraction of sp³-hybridized carbons (Fsp3) is 0.375. The molecule has 0 spiro atoms. The van der Waals surface area contributed by atoms with Gasteiger partial charge in [0.25, 0.3) is 0 Å². The van der Waals surface area contributed by atoms with Crippen LogP contribution in [-0.2, 0) is 12.6 Å². The van der Waals surface area contributed by atoms with Crippen molar-refractivity contribution >= 4 is 11.6 Å². The number of alkyl halides is 3. The van der Waals surface area contributed by atoms with Crippen molar-refractivity contribution in [1.82, 2.24) is 4.98 Å². The molecule has 0 bridgehead atoms. The quantitative estimate of drug-likeness (QED) is 0.692. The van der Waals surface area contributed by atoms with Crippen molar-refractivity contribution in [3.05, 3.63) is 28.5 Å². The second kappa shape index (κ2) is 3.54. The molecule has 0 aromatic carbocycles. The highest BCUT2D eigenvalue weighted by Gasteiger charge is 2.33. The fourth-order valence-electron chi connectivity index (χ4n) is 1.07. The molecule has 0 N–H and O–H groups in total. The summed E-state index contributed by atoms with van der Waals surface area (Å²) in [4.78, 5) is 3.41. The highest BCUT2D eigenvalue weighted by Crippen LogP contribution is 2.34. The van der Waals surface area contributed by atoms with Crippen LogP contribution in [0.15, 0.2) is 12.4 Å². The molecule has 1 heterocycles. The largest absolute Gasteiger partial charge is 0.418 e. The standard InChI is InChI=1S/C8H7ClF3N/c1-2-5-6(8(10,11)12)3-13-4-7(5)9/h3-4H,2H2,1H3. The molecule has 0 unspecified atom stereocenters. The van der Waals surface area contributed by atoms with E-state index >= 15 is 0 Å². The summed E-state index contributed by atoms with van der Waals surface area (Å²) in [5.74, 6) is 0. The van der Waals surface area contributed by atoms with E-state index < -0.39 is 11.7 Å². The van der Waals surface area contributed by atoms with Crippen molar-refractivity contribution in [3.8, 4) is 0 Å². The summed E-state index contributed by atoms with van der Waals surface area (Å²) in [6.45, 7) is 1.62. The first-order valence-electron chi connectivity index (χ1n) is 3.66. The van der Waals surface area contributed by atoms with Gasteiger partial charge in [-0.1, -0.05) is 18.5 Å². The second-order valence-electron chi connectivity index (χ2n) is 2.50. The summed E-state index contributed by atoms with van der Waals surface area (Å²) in [7, 11) is 0. The van der Waals surface area contributed by atoms with E-state index in [2.05, 4.69) is 4.98 Å². The average Bonchev–Trinajstić information content (AvgIpc) is 2.02. The van der Waals surface area contributed by atoms with Crippen LogP contribution in [0.4, 0.5) is 13.2 Å². The lowest BCUT2D eigenvalue weighted by Crippen LogP contribution is -2.09. The number of hydrogen-bond acceptors (Lipinski definition) is 1. The normalized spacial score (nSPS) is 11.8. The maximum atomic E-state index is 12.3. The van der Waals surface area contributed by atoms with E-state index in [1.807, 2.05) is 0 Å². The van der Waals surface area contributed by atoms with Gasteiger partial charge in [-0.05, 0) is 12.0 Å². The third-order valence-corrected chi connectivity index (χ3v) is 1.99. The van der Waals surface area contributed by atoms with Crippen molar-refractivity contribution in [1.29, 1.82) is 0 Å². The summed E-state index contributed by atoms with van der Waals surface area (Å²) >= 11 is 5.57. The minimum atomic E-state index is -4.37. The summed E-state index contributed by atoms with van der Waals surface area (Å²) < 4.78 is 37.0. The third kappa shape index (κ3) is 2.12. The van der Waals surface area contributed by atoms with Crippen LogP contribution in [0, 0.1) is 0 Å². The van der Waals surface area contributed by atoms with Crippen LogP contribution < -0.4 is 0 Å². The van der Waals surface area contributed by atoms with Gasteiger partial charge < -0.3 is 0 Å². The van der Waals surface area contributed by atoms with Crippen LogP contribution in [0.2, 0.25) is 5.02 Å². The molecule has 1 rings (SSSR count). The van der Waals surface area contributed by atoms with Gasteiger partial charge in [-0.15, -0.1) is 0 Å². The van der Waals surface area contributed by atoms with Gasteiger partial charge in [-0.2, -0.15) is 13.2 Å². The molecular weight excluding hydrogens is 203 g/mol. The molecule has 0 saturated heterocycles. The van der Waals surface area contributed by atoms with E-state index in [1.165, 1.54) is 6.20 Å². The summed E-state index contributed by atoms with van der Waals surface area (Å²) in [6.07, 6.45) is -2.11. The zero-order chi connectivity index (χ0) is 10.1. The Hall–Kier alpha value is -0.770. The smallest absolute Gasteiger partial charge is 0.263 e. The Bertz CT molecular complexity index is 309. The van der Waals surface area contributed by atoms with Gasteiger partial charge in [-0.25, -0.2) is 0 Å². The van der Waals surface area contributed by atoms with Gasteiger partial charge in [0.2, 0.25) is 0 Å². The van der Waals surface area contributed by atoms with Crippen LogP contribution in [0.3, 0.4) is 0 Å². The Morgan fingerprint density at radius 2 is 2.00 bits per heavy atom. The van der Waals surface area contributed by atoms with E-state index in [1.54, 1.807) is 6.92 Å². The van der Waals surface area contributed by atoms with Crippen molar-refractivity contribution in [3.63, 3.8) is 0 Å². The third-order valence-electron chi connectivity index (χ3n) is 1.66. The molecule has 0 aliphatic carbocycles. The Kier molecular flexibility index (Phi) is 2.81. The molecule has 1 aromatic heterocycles. The molecule has 0 aliphatic heterocycles. The second-order valence-corrected chi connectivity index (χ2v) is 2.91. The van der Waals surface area contributed by atoms with Crippen LogP contribution >= 0.6 is 11.6 Å². The maximum Gasteiger partial charge on any atom is 0.418 e. The van der Waals surface area contributed by atoms with Gasteiger partial charge in [0, 0.05) is 12.4 Å². The molecule has 5 heteroatoms. The van der Waals surface area contributed by atoms with Gasteiger partial charge in [-0.3, -0.25) is 4.98 Å². The summed E-state index contributed by atoms with van der Waals surface area (Å²) in [5, 5.41) is 0.0670. The number of halogens is 4. The highest BCUT2D eigenvalue weighted by atomic mass is 35.5. The van der Waals surface area contributed by atoms with Crippen LogP contribution in [0.5, 0.6) is 0 Å². The molecule has 0 aliphatic rings. The minimum Gasteiger partial charge on any atom is -0.263 e. The molecule has 1 aromatic rings. The molecule has 1 nitrogen and oxygen atoms in total. The zero-order valence-corrected chi connectivity index (χ0v) is 7.58. The molecule has 0 amide bonds. The topological polar surface area (TPSA) is 12.9 Å². The molecule has 0 radical (unpaired) electrons. The van der Waals surface area contributed by atoms with Gasteiger partial charge >= 0.3 is 6.18 Å². The lowest BCUT2D eigenvalue weighted by atomic mass is 10.1. The number of pyridine rings is 1. The van der Waals surface area contributed by atoms with Crippen molar-refractivity contribution in [2.24, 2.45) is 0 Å². The molecule has 72 valence electrons. The summed E-state index contributed by atoms with van der Waals surface area (Å²) in [6, 6.07) is 0. The van der Waals surface area contributed by atoms with E-state index in [-0.39, 0.29) is 17.0 Å². The molecule has 13 heavy (non-hydrogen) atoms. The fourth-order valence-corrected chi connectivity index (χ4v) is 1.36. The van der Waals surface area contributed by atoms with Gasteiger partial charge in [0.05, 0.1) is 10.6 Å². The first kappa shape index (κ1) is 10.3. The molecule has 0 fully saturated rings. The Balaban J connectivity index is 3.29. The van der Waals surface area contributed by atoms with E-state index in [0.717, 1.165) is 6.20 Å². The van der Waals surface area contributed by atoms with Crippen LogP contribution in [0.25, 0.3) is 0 Å². The van der Waals surface area contributed by atoms with E-state index in [9.17, 15) is 13.2 Å². The number of nitrogens with zero attached hydrogens (tertiary/aromatic N) is 1. The number of hydrogen-bond donors (Lipinski definition) is 0. The molecular formula is C8H7ClF3N. The van der Waals surface area contributed by atoms with Crippen molar-refractivity contribution in [2.45, 2.75) is 19.5 Å². The Morgan fingerprint density at radius 3 is 2.38 bits per heavy atom. The summed E-state index contributed by atoms with van der Waals surface area (Å²) in [5.41, 5.74) is -0.647. The van der Waals surface area contributed by atoms with Crippen molar-refractivity contribution < 1.29 is 13.2 Å². The predicted octanol–water partition coefficient (Wildman–Crippen LogP) is 3.32. The van der Waals surface area contributed by atoms with Crippen LogP contribution in [0.1, 0.15) is 18.1 Å². The van der Waals surface area contributed by atoms with Crippen molar-refractivity contribution in [2.75, 3.05) is 0 Å². The minimum absolute atomic E-state index is 0.0670. The number of rotatable bonds is 1. The Labute approximate surface area is 78.5 Å².